The third-order valence-corrected chi connectivity index (χ3v) is 5.84. The van der Waals surface area contributed by atoms with E-state index in [2.05, 4.69) is 21.2 Å². The Kier molecular flexibility index (Phi) is 6.83. The van der Waals surface area contributed by atoms with Crippen molar-refractivity contribution in [3.8, 4) is 0 Å². The van der Waals surface area contributed by atoms with E-state index in [4.69, 9.17) is 12.2 Å². The number of carboxylic acid groups (broad SMARTS) is 1. The van der Waals surface area contributed by atoms with Crippen molar-refractivity contribution >= 4 is 73.8 Å². The molecule has 0 bridgehead atoms. The minimum atomic E-state index is -1.32. The number of rotatable bonds is 6. The molecule has 0 aliphatic carbocycles. The summed E-state index contributed by atoms with van der Waals surface area (Å²) in [6, 6.07) is 13.3. The molecule has 0 radical (unpaired) electrons. The summed E-state index contributed by atoms with van der Waals surface area (Å²) < 4.78 is 1.30. The highest BCUT2D eigenvalue weighted by Crippen LogP contribution is 2.33. The van der Waals surface area contributed by atoms with Gasteiger partial charge in [-0.3, -0.25) is 14.5 Å². The Bertz CT molecular complexity index is 1040. The Labute approximate surface area is 185 Å². The SMILES string of the molecule is O=C(CCN1C(=O)/C(=C\c2cccc(Br)c2)SC1=S)Nc1cccc(C(=O)[O-])c1. The van der Waals surface area contributed by atoms with Crippen LogP contribution >= 0.6 is 39.9 Å². The second-order valence-corrected chi connectivity index (χ2v) is 8.65. The molecule has 0 spiro atoms. The number of hydrogen-bond donors (Lipinski definition) is 1. The van der Waals surface area contributed by atoms with Gasteiger partial charge >= 0.3 is 0 Å². The molecule has 148 valence electrons. The van der Waals surface area contributed by atoms with Gasteiger partial charge in [-0.1, -0.05) is 64.2 Å². The highest BCUT2D eigenvalue weighted by molar-refractivity contribution is 9.10. The van der Waals surface area contributed by atoms with Crippen LogP contribution in [0.5, 0.6) is 0 Å². The molecule has 1 heterocycles. The topological polar surface area (TPSA) is 89.5 Å². The van der Waals surface area contributed by atoms with E-state index >= 15 is 0 Å². The van der Waals surface area contributed by atoms with Crippen LogP contribution in [0.25, 0.3) is 6.08 Å². The molecule has 2 aromatic rings. The minimum absolute atomic E-state index is 0.0200. The van der Waals surface area contributed by atoms with Crippen molar-refractivity contribution in [1.82, 2.24) is 4.90 Å². The lowest BCUT2D eigenvalue weighted by Crippen LogP contribution is -2.31. The molecule has 0 atom stereocenters. The van der Waals surface area contributed by atoms with Crippen LogP contribution in [0.4, 0.5) is 5.69 Å². The molecule has 3 rings (SSSR count). The van der Waals surface area contributed by atoms with Crippen LogP contribution in [0, 0.1) is 0 Å². The van der Waals surface area contributed by atoms with E-state index in [1.807, 2.05) is 24.3 Å². The van der Waals surface area contributed by atoms with Gasteiger partial charge in [0.15, 0.2) is 0 Å². The maximum Gasteiger partial charge on any atom is 0.266 e. The number of thiocarbonyl (C=S) groups is 1. The van der Waals surface area contributed by atoms with Crippen molar-refractivity contribution in [3.05, 3.63) is 69.0 Å². The Morgan fingerprint density at radius 2 is 1.97 bits per heavy atom. The minimum Gasteiger partial charge on any atom is -0.545 e. The molecule has 2 aromatic carbocycles. The van der Waals surface area contributed by atoms with Crippen molar-refractivity contribution < 1.29 is 19.5 Å². The van der Waals surface area contributed by atoms with Crippen molar-refractivity contribution in [2.24, 2.45) is 0 Å². The van der Waals surface area contributed by atoms with Gasteiger partial charge in [0.2, 0.25) is 5.91 Å². The standard InChI is InChI=1S/C20H15BrN2O4S2/c21-14-5-1-3-12(9-14)10-16-18(25)23(20(28)29-16)8-7-17(24)22-15-6-2-4-13(11-15)19(26)27/h1-6,9-11H,7-8H2,(H,22,24)(H,26,27)/p-1/b16-10+. The van der Waals surface area contributed by atoms with Crippen LogP contribution in [0.1, 0.15) is 22.3 Å². The fraction of sp³-hybridized carbons (Fsp3) is 0.100. The van der Waals surface area contributed by atoms with Gasteiger partial charge < -0.3 is 15.2 Å². The average Bonchev–Trinajstić information content (AvgIpc) is 2.93. The van der Waals surface area contributed by atoms with E-state index in [1.54, 1.807) is 12.1 Å². The van der Waals surface area contributed by atoms with Crippen LogP contribution in [-0.2, 0) is 9.59 Å². The predicted molar refractivity (Wildman–Crippen MR) is 118 cm³/mol. The number of halogens is 1. The predicted octanol–water partition coefficient (Wildman–Crippen LogP) is 3.04. The van der Waals surface area contributed by atoms with E-state index in [-0.39, 0.29) is 30.3 Å². The number of anilines is 1. The maximum atomic E-state index is 12.6. The number of amides is 2. The molecule has 6 nitrogen and oxygen atoms in total. The number of nitrogens with one attached hydrogen (secondary N) is 1. The summed E-state index contributed by atoms with van der Waals surface area (Å²) in [5.41, 5.74) is 1.18. The number of hydrogen-bond acceptors (Lipinski definition) is 6. The van der Waals surface area contributed by atoms with E-state index in [1.165, 1.54) is 34.9 Å². The average molecular weight is 490 g/mol. The second-order valence-electron chi connectivity index (χ2n) is 6.05. The Hall–Kier alpha value is -2.49. The number of aromatic carboxylic acids is 1. The third kappa shape index (κ3) is 5.53. The highest BCUT2D eigenvalue weighted by Gasteiger charge is 2.32. The maximum absolute atomic E-state index is 12.6. The van der Waals surface area contributed by atoms with Crippen LogP contribution in [0.3, 0.4) is 0 Å². The molecular formula is C20H14BrN2O4S2-. The van der Waals surface area contributed by atoms with Gasteiger partial charge in [-0.15, -0.1) is 0 Å². The van der Waals surface area contributed by atoms with Crippen molar-refractivity contribution in [2.45, 2.75) is 6.42 Å². The summed E-state index contributed by atoms with van der Waals surface area (Å²) >= 11 is 9.86. The lowest BCUT2D eigenvalue weighted by Gasteiger charge is -2.14. The van der Waals surface area contributed by atoms with Crippen LogP contribution < -0.4 is 10.4 Å². The summed E-state index contributed by atoms with van der Waals surface area (Å²) in [4.78, 5) is 37.6. The molecule has 1 fully saturated rings. The molecule has 9 heteroatoms. The van der Waals surface area contributed by atoms with Crippen LogP contribution in [0.15, 0.2) is 57.9 Å². The van der Waals surface area contributed by atoms with Crippen LogP contribution in [-0.4, -0.2) is 33.5 Å². The van der Waals surface area contributed by atoms with Gasteiger partial charge in [0, 0.05) is 23.1 Å². The van der Waals surface area contributed by atoms with Gasteiger partial charge in [-0.25, -0.2) is 0 Å². The summed E-state index contributed by atoms with van der Waals surface area (Å²) in [6.07, 6.45) is 1.78. The second kappa shape index (κ2) is 9.34. The first-order chi connectivity index (χ1) is 13.8. The summed E-state index contributed by atoms with van der Waals surface area (Å²) in [5, 5.41) is 13.5. The van der Waals surface area contributed by atoms with Gasteiger partial charge in [0.05, 0.1) is 10.9 Å². The number of carbonyl (C=O) groups excluding carboxylic acids is 3. The van der Waals surface area contributed by atoms with E-state index < -0.39 is 5.97 Å². The zero-order valence-corrected chi connectivity index (χ0v) is 18.1. The normalized spacial score (nSPS) is 15.1. The monoisotopic (exact) mass is 489 g/mol. The van der Waals surface area contributed by atoms with Gasteiger partial charge in [0.1, 0.15) is 4.32 Å². The lowest BCUT2D eigenvalue weighted by molar-refractivity contribution is -0.255. The zero-order chi connectivity index (χ0) is 21.0. The number of nitrogens with zero attached hydrogens (tertiary/aromatic N) is 1. The molecule has 1 N–H and O–H groups in total. The van der Waals surface area contributed by atoms with Crippen molar-refractivity contribution in [1.29, 1.82) is 0 Å². The van der Waals surface area contributed by atoms with Gasteiger partial charge in [-0.05, 0) is 41.5 Å². The van der Waals surface area contributed by atoms with Crippen molar-refractivity contribution in [3.63, 3.8) is 0 Å². The lowest BCUT2D eigenvalue weighted by atomic mass is 10.2. The summed E-state index contributed by atoms with van der Waals surface area (Å²) in [5.74, 6) is -1.92. The Balaban J connectivity index is 1.61. The first-order valence-corrected chi connectivity index (χ1v) is 10.5. The largest absolute Gasteiger partial charge is 0.545 e. The molecule has 2 amide bonds. The van der Waals surface area contributed by atoms with Gasteiger partial charge in [0.25, 0.3) is 5.91 Å². The Morgan fingerprint density at radius 1 is 1.21 bits per heavy atom. The van der Waals surface area contributed by atoms with E-state index in [0.717, 1.165) is 10.0 Å². The molecule has 0 aromatic heterocycles. The smallest absolute Gasteiger partial charge is 0.266 e. The zero-order valence-electron chi connectivity index (χ0n) is 14.9. The molecule has 0 unspecified atom stereocenters. The number of carbonyl (C=O) groups is 3. The Morgan fingerprint density at radius 3 is 2.69 bits per heavy atom. The quantitative estimate of drug-likeness (QED) is 0.495. The fourth-order valence-electron chi connectivity index (χ4n) is 2.60. The summed E-state index contributed by atoms with van der Waals surface area (Å²) in [7, 11) is 0. The van der Waals surface area contributed by atoms with Gasteiger partial charge in [-0.2, -0.15) is 0 Å². The molecular weight excluding hydrogens is 476 g/mol. The van der Waals surface area contributed by atoms with Crippen molar-refractivity contribution in [2.75, 3.05) is 11.9 Å². The number of carboxylic acids is 1. The molecule has 1 saturated heterocycles. The molecule has 29 heavy (non-hydrogen) atoms. The fourth-order valence-corrected chi connectivity index (χ4v) is 4.33. The van der Waals surface area contributed by atoms with Crippen LogP contribution in [0.2, 0.25) is 0 Å². The van der Waals surface area contributed by atoms with E-state index in [0.29, 0.717) is 14.9 Å². The van der Waals surface area contributed by atoms with E-state index in [9.17, 15) is 19.5 Å². The first kappa shape index (κ1) is 21.2. The third-order valence-electron chi connectivity index (χ3n) is 3.96. The number of benzene rings is 2. The molecule has 1 aliphatic heterocycles. The molecule has 0 saturated carbocycles. The summed E-state index contributed by atoms with van der Waals surface area (Å²) in [6.45, 7) is 0.131. The highest BCUT2D eigenvalue weighted by atomic mass is 79.9. The number of thioether (sulfide) groups is 1. The first-order valence-electron chi connectivity index (χ1n) is 8.45. The molecule has 1 aliphatic rings.